The van der Waals surface area contributed by atoms with Gasteiger partial charge in [0, 0.05) is 6.04 Å². The van der Waals surface area contributed by atoms with Crippen molar-refractivity contribution in [2.24, 2.45) is 0 Å². The largest absolute Gasteiger partial charge is 0.488 e. The van der Waals surface area contributed by atoms with E-state index in [2.05, 4.69) is 10.5 Å². The number of nitrogens with zero attached hydrogens (tertiary/aromatic N) is 1. The minimum atomic E-state index is -0.622. The number of carbonyl (C=O) groups excluding carboxylic acids is 2. The standard InChI is InChI=1S/C22H24N2O5/c1-13(2)23-21(25)12-28-22(26)18-9-16-7-5-6-8-17(16)10-20(18)27-11-19-14(3)24-29-15(19)4/h5-10,13H,11-12H2,1-4H3,(H,23,25). The van der Waals surface area contributed by atoms with Gasteiger partial charge in [0.05, 0.1) is 11.3 Å². The van der Waals surface area contributed by atoms with Crippen molar-refractivity contribution < 1.29 is 23.6 Å². The molecule has 0 unspecified atom stereocenters. The molecular weight excluding hydrogens is 372 g/mol. The molecule has 29 heavy (non-hydrogen) atoms. The molecule has 2 aromatic carbocycles. The van der Waals surface area contributed by atoms with Crippen LogP contribution < -0.4 is 10.1 Å². The Bertz CT molecular complexity index is 1020. The minimum absolute atomic E-state index is 0.0317. The van der Waals surface area contributed by atoms with Gasteiger partial charge in [0.15, 0.2) is 6.61 Å². The highest BCUT2D eigenvalue weighted by Gasteiger charge is 2.19. The van der Waals surface area contributed by atoms with Crippen LogP contribution in [0, 0.1) is 13.8 Å². The monoisotopic (exact) mass is 396 g/mol. The molecule has 0 bridgehead atoms. The molecule has 0 saturated carbocycles. The maximum absolute atomic E-state index is 12.7. The van der Waals surface area contributed by atoms with Crippen molar-refractivity contribution in [3.8, 4) is 5.75 Å². The maximum Gasteiger partial charge on any atom is 0.342 e. The van der Waals surface area contributed by atoms with E-state index in [0.717, 1.165) is 22.0 Å². The first-order chi connectivity index (χ1) is 13.8. The number of esters is 1. The second kappa shape index (κ2) is 8.77. The number of aromatic nitrogens is 1. The summed E-state index contributed by atoms with van der Waals surface area (Å²) in [4.78, 5) is 24.5. The predicted octanol–water partition coefficient (Wildman–Crippen LogP) is 3.71. The van der Waals surface area contributed by atoms with Crippen molar-refractivity contribution in [2.45, 2.75) is 40.3 Å². The van der Waals surface area contributed by atoms with Crippen molar-refractivity contribution in [2.75, 3.05) is 6.61 Å². The molecule has 0 aliphatic carbocycles. The van der Waals surface area contributed by atoms with Crippen LogP contribution in [-0.2, 0) is 16.1 Å². The molecule has 1 amide bonds. The first kappa shape index (κ1) is 20.4. The Labute approximate surface area is 169 Å². The normalized spacial score (nSPS) is 10.9. The Morgan fingerprint density at radius 1 is 1.14 bits per heavy atom. The second-order valence-electron chi connectivity index (χ2n) is 7.09. The van der Waals surface area contributed by atoms with Crippen molar-refractivity contribution in [3.05, 3.63) is 59.0 Å². The number of amides is 1. The quantitative estimate of drug-likeness (QED) is 0.612. The molecule has 0 saturated heterocycles. The molecule has 0 aliphatic rings. The summed E-state index contributed by atoms with van der Waals surface area (Å²) in [5.74, 6) is 0.0616. The van der Waals surface area contributed by atoms with E-state index in [1.54, 1.807) is 12.1 Å². The molecule has 0 atom stereocenters. The van der Waals surface area contributed by atoms with Gasteiger partial charge in [-0.05, 0) is 50.6 Å². The van der Waals surface area contributed by atoms with Gasteiger partial charge < -0.3 is 19.3 Å². The van der Waals surface area contributed by atoms with Crippen LogP contribution in [0.25, 0.3) is 10.8 Å². The smallest absolute Gasteiger partial charge is 0.342 e. The van der Waals surface area contributed by atoms with E-state index < -0.39 is 5.97 Å². The number of benzene rings is 2. The van der Waals surface area contributed by atoms with Gasteiger partial charge in [-0.1, -0.05) is 29.4 Å². The predicted molar refractivity (Wildman–Crippen MR) is 108 cm³/mol. The molecular formula is C22H24N2O5. The second-order valence-corrected chi connectivity index (χ2v) is 7.09. The van der Waals surface area contributed by atoms with E-state index in [-0.39, 0.29) is 30.7 Å². The Morgan fingerprint density at radius 2 is 1.83 bits per heavy atom. The third-order valence-corrected chi connectivity index (χ3v) is 4.41. The highest BCUT2D eigenvalue weighted by atomic mass is 16.5. The highest BCUT2D eigenvalue weighted by Crippen LogP contribution is 2.28. The third-order valence-electron chi connectivity index (χ3n) is 4.41. The van der Waals surface area contributed by atoms with Gasteiger partial charge in [-0.25, -0.2) is 4.79 Å². The molecule has 0 radical (unpaired) electrons. The maximum atomic E-state index is 12.7. The first-order valence-electron chi connectivity index (χ1n) is 9.39. The topological polar surface area (TPSA) is 90.7 Å². The van der Waals surface area contributed by atoms with Crippen molar-refractivity contribution in [1.82, 2.24) is 10.5 Å². The Hall–Kier alpha value is -3.35. The number of carbonyl (C=O) groups is 2. The zero-order valence-electron chi connectivity index (χ0n) is 16.9. The number of nitrogens with one attached hydrogen (secondary N) is 1. The van der Waals surface area contributed by atoms with Crippen molar-refractivity contribution in [1.29, 1.82) is 0 Å². The van der Waals surface area contributed by atoms with Gasteiger partial charge >= 0.3 is 5.97 Å². The molecule has 1 heterocycles. The third kappa shape index (κ3) is 4.93. The van der Waals surface area contributed by atoms with Crippen molar-refractivity contribution >= 4 is 22.6 Å². The van der Waals surface area contributed by atoms with Crippen molar-refractivity contribution in [3.63, 3.8) is 0 Å². The Kier molecular flexibility index (Phi) is 6.16. The van der Waals surface area contributed by atoms with E-state index in [4.69, 9.17) is 14.0 Å². The zero-order chi connectivity index (χ0) is 21.0. The lowest BCUT2D eigenvalue weighted by atomic mass is 10.1. The van der Waals surface area contributed by atoms with Gasteiger partial charge in [-0.3, -0.25) is 4.79 Å². The van der Waals surface area contributed by atoms with Gasteiger partial charge in [-0.15, -0.1) is 0 Å². The molecule has 7 heteroatoms. The lowest BCUT2D eigenvalue weighted by molar-refractivity contribution is -0.124. The van der Waals surface area contributed by atoms with E-state index in [1.165, 1.54) is 0 Å². The number of rotatable bonds is 7. The lowest BCUT2D eigenvalue weighted by Crippen LogP contribution is -2.34. The first-order valence-corrected chi connectivity index (χ1v) is 9.39. The van der Waals surface area contributed by atoms with Crippen LogP contribution in [0.5, 0.6) is 5.75 Å². The molecule has 0 fully saturated rings. The van der Waals surface area contributed by atoms with Gasteiger partial charge in [0.1, 0.15) is 23.7 Å². The molecule has 1 aromatic heterocycles. The molecule has 0 spiro atoms. The summed E-state index contributed by atoms with van der Waals surface area (Å²) in [6.07, 6.45) is 0. The summed E-state index contributed by atoms with van der Waals surface area (Å²) in [7, 11) is 0. The molecule has 3 aromatic rings. The molecule has 152 valence electrons. The highest BCUT2D eigenvalue weighted by molar-refractivity contribution is 5.99. The molecule has 0 aliphatic heterocycles. The Morgan fingerprint density at radius 3 is 2.45 bits per heavy atom. The number of aryl methyl sites for hydroxylation is 2. The fraction of sp³-hybridized carbons (Fsp3) is 0.318. The van der Waals surface area contributed by atoms with Crippen LogP contribution in [0.2, 0.25) is 0 Å². The summed E-state index contributed by atoms with van der Waals surface area (Å²) in [5, 5.41) is 8.40. The van der Waals surface area contributed by atoms with Gasteiger partial charge in [0.25, 0.3) is 5.91 Å². The molecule has 7 nitrogen and oxygen atoms in total. The number of hydrogen-bond acceptors (Lipinski definition) is 6. The van der Waals surface area contributed by atoms with Gasteiger partial charge in [0.2, 0.25) is 0 Å². The van der Waals surface area contributed by atoms with Crippen LogP contribution in [0.1, 0.15) is 41.2 Å². The zero-order valence-corrected chi connectivity index (χ0v) is 16.9. The fourth-order valence-corrected chi connectivity index (χ4v) is 2.93. The Balaban J connectivity index is 1.84. The number of fused-ring (bicyclic) bond motifs is 1. The summed E-state index contributed by atoms with van der Waals surface area (Å²) >= 11 is 0. The van der Waals surface area contributed by atoms with Crippen LogP contribution in [0.4, 0.5) is 0 Å². The summed E-state index contributed by atoms with van der Waals surface area (Å²) in [6.45, 7) is 7.16. The van der Waals surface area contributed by atoms with E-state index in [9.17, 15) is 9.59 Å². The average molecular weight is 396 g/mol. The van der Waals surface area contributed by atoms with E-state index >= 15 is 0 Å². The molecule has 3 rings (SSSR count). The van der Waals surface area contributed by atoms with Crippen LogP contribution in [-0.4, -0.2) is 29.7 Å². The van der Waals surface area contributed by atoms with Crippen LogP contribution >= 0.6 is 0 Å². The lowest BCUT2D eigenvalue weighted by Gasteiger charge is -2.13. The van der Waals surface area contributed by atoms with E-state index in [1.807, 2.05) is 52.0 Å². The molecule has 1 N–H and O–H groups in total. The number of ether oxygens (including phenoxy) is 2. The van der Waals surface area contributed by atoms with Crippen LogP contribution in [0.15, 0.2) is 40.9 Å². The van der Waals surface area contributed by atoms with Crippen LogP contribution in [0.3, 0.4) is 0 Å². The van der Waals surface area contributed by atoms with Gasteiger partial charge in [-0.2, -0.15) is 0 Å². The van der Waals surface area contributed by atoms with E-state index in [0.29, 0.717) is 11.5 Å². The SMILES string of the molecule is Cc1noc(C)c1COc1cc2ccccc2cc1C(=O)OCC(=O)NC(C)C. The minimum Gasteiger partial charge on any atom is -0.488 e. The number of hydrogen-bond donors (Lipinski definition) is 1. The summed E-state index contributed by atoms with van der Waals surface area (Å²) in [5.41, 5.74) is 1.82. The summed E-state index contributed by atoms with van der Waals surface area (Å²) in [6, 6.07) is 11.1. The average Bonchev–Trinajstić information content (AvgIpc) is 3.00. The fourth-order valence-electron chi connectivity index (χ4n) is 2.93. The summed E-state index contributed by atoms with van der Waals surface area (Å²) < 4.78 is 16.3.